The maximum Gasteiger partial charge on any atom is 0.326 e. The molecule has 7 heteroatoms. The van der Waals surface area contributed by atoms with Gasteiger partial charge in [0, 0.05) is 0 Å². The lowest BCUT2D eigenvalue weighted by Crippen LogP contribution is -2.45. The Hall–Kier alpha value is -3.09. The zero-order chi connectivity index (χ0) is 18.4. The van der Waals surface area contributed by atoms with Gasteiger partial charge in [0.25, 0.3) is 11.8 Å². The number of hydrogen-bond donors (Lipinski definition) is 3. The molecule has 0 saturated heterocycles. The van der Waals surface area contributed by atoms with Gasteiger partial charge in [-0.05, 0) is 30.2 Å². The molecule has 2 rings (SSSR count). The molecule has 25 heavy (non-hydrogen) atoms. The quantitative estimate of drug-likeness (QED) is 0.715. The molecule has 0 radical (unpaired) electrons. The monoisotopic (exact) mass is 344 g/mol. The molecular formula is C18H20N2O5. The lowest BCUT2D eigenvalue weighted by molar-refractivity contribution is -0.140. The van der Waals surface area contributed by atoms with Gasteiger partial charge in [-0.2, -0.15) is 0 Å². The smallest absolute Gasteiger partial charge is 0.326 e. The highest BCUT2D eigenvalue weighted by Gasteiger charge is 2.26. The fourth-order valence-electron chi connectivity index (χ4n) is 2.28. The highest BCUT2D eigenvalue weighted by Crippen LogP contribution is 2.18. The number of furan rings is 1. The van der Waals surface area contributed by atoms with E-state index in [9.17, 15) is 19.5 Å². The summed E-state index contributed by atoms with van der Waals surface area (Å²) < 4.78 is 5.02. The van der Waals surface area contributed by atoms with E-state index in [0.717, 1.165) is 0 Å². The van der Waals surface area contributed by atoms with E-state index in [4.69, 9.17) is 4.42 Å². The first-order valence-corrected chi connectivity index (χ1v) is 7.91. The van der Waals surface area contributed by atoms with Crippen LogP contribution in [0.25, 0.3) is 0 Å². The Kier molecular flexibility index (Phi) is 5.94. The van der Waals surface area contributed by atoms with Crippen molar-refractivity contribution in [1.29, 1.82) is 0 Å². The van der Waals surface area contributed by atoms with Crippen LogP contribution < -0.4 is 10.6 Å². The number of rotatable bonds is 7. The Morgan fingerprint density at radius 2 is 1.84 bits per heavy atom. The molecule has 0 aliphatic carbocycles. The van der Waals surface area contributed by atoms with Crippen molar-refractivity contribution in [2.75, 3.05) is 5.32 Å². The fourth-order valence-corrected chi connectivity index (χ4v) is 2.28. The van der Waals surface area contributed by atoms with Crippen molar-refractivity contribution in [3.8, 4) is 0 Å². The average Bonchev–Trinajstić information content (AvgIpc) is 3.13. The van der Waals surface area contributed by atoms with Crippen LogP contribution in [0.3, 0.4) is 0 Å². The molecule has 1 aromatic heterocycles. The number of benzene rings is 1. The third-order valence-corrected chi connectivity index (χ3v) is 3.93. The molecule has 0 aliphatic heterocycles. The van der Waals surface area contributed by atoms with Gasteiger partial charge in [0.2, 0.25) is 0 Å². The number of carboxylic acids is 1. The van der Waals surface area contributed by atoms with E-state index in [1.54, 1.807) is 31.2 Å². The molecule has 0 unspecified atom stereocenters. The summed E-state index contributed by atoms with van der Waals surface area (Å²) in [5, 5.41) is 14.4. The fraction of sp³-hybridized carbons (Fsp3) is 0.278. The van der Waals surface area contributed by atoms with Gasteiger partial charge in [-0.25, -0.2) is 4.79 Å². The second-order valence-corrected chi connectivity index (χ2v) is 5.65. The van der Waals surface area contributed by atoms with Crippen LogP contribution in [0.2, 0.25) is 0 Å². The molecular weight excluding hydrogens is 324 g/mol. The molecule has 1 aromatic carbocycles. The van der Waals surface area contributed by atoms with E-state index in [2.05, 4.69) is 10.6 Å². The number of carboxylic acid groups (broad SMARTS) is 1. The number of carbonyl (C=O) groups excluding carboxylic acids is 2. The second kappa shape index (κ2) is 8.14. The Bertz CT molecular complexity index is 755. The molecule has 2 amide bonds. The summed E-state index contributed by atoms with van der Waals surface area (Å²) >= 11 is 0. The maximum atomic E-state index is 12.5. The average molecular weight is 344 g/mol. The van der Waals surface area contributed by atoms with Crippen molar-refractivity contribution < 1.29 is 23.9 Å². The van der Waals surface area contributed by atoms with Crippen molar-refractivity contribution in [3.05, 3.63) is 54.0 Å². The third-order valence-electron chi connectivity index (χ3n) is 3.93. The van der Waals surface area contributed by atoms with E-state index < -0.39 is 23.8 Å². The van der Waals surface area contributed by atoms with E-state index >= 15 is 0 Å². The van der Waals surface area contributed by atoms with Gasteiger partial charge < -0.3 is 20.2 Å². The first kappa shape index (κ1) is 18.3. The first-order valence-electron chi connectivity index (χ1n) is 7.91. The van der Waals surface area contributed by atoms with Gasteiger partial charge in [-0.1, -0.05) is 32.4 Å². The Balaban J connectivity index is 2.20. The SMILES string of the molecule is CC[C@@H](C)[C@H](NC(=O)c1ccccc1NC(=O)c1ccco1)C(=O)O. The van der Waals surface area contributed by atoms with Crippen LogP contribution in [0.5, 0.6) is 0 Å². The molecule has 1 heterocycles. The highest BCUT2D eigenvalue weighted by atomic mass is 16.4. The van der Waals surface area contributed by atoms with Gasteiger partial charge in [0.15, 0.2) is 5.76 Å². The number of amides is 2. The van der Waals surface area contributed by atoms with Gasteiger partial charge >= 0.3 is 5.97 Å². The number of aliphatic carboxylic acids is 1. The lowest BCUT2D eigenvalue weighted by Gasteiger charge is -2.21. The summed E-state index contributed by atoms with van der Waals surface area (Å²) in [6, 6.07) is 8.45. The minimum absolute atomic E-state index is 0.109. The Labute approximate surface area is 145 Å². The largest absolute Gasteiger partial charge is 0.480 e. The summed E-state index contributed by atoms with van der Waals surface area (Å²) in [7, 11) is 0. The van der Waals surface area contributed by atoms with Crippen LogP contribution in [0.15, 0.2) is 47.1 Å². The molecule has 2 aromatic rings. The Morgan fingerprint density at radius 3 is 2.44 bits per heavy atom. The first-order chi connectivity index (χ1) is 11.9. The van der Waals surface area contributed by atoms with Crippen LogP contribution in [0.1, 0.15) is 41.2 Å². The standard InChI is InChI=1S/C18H20N2O5/c1-3-11(2)15(18(23)24)20-16(21)12-7-4-5-8-13(12)19-17(22)14-9-6-10-25-14/h4-11,15H,3H2,1-2H3,(H,19,22)(H,20,21)(H,23,24)/t11-,15+/m1/s1. The summed E-state index contributed by atoms with van der Waals surface area (Å²) in [6.07, 6.45) is 1.98. The topological polar surface area (TPSA) is 109 Å². The third kappa shape index (κ3) is 4.47. The number of para-hydroxylation sites is 1. The molecule has 0 saturated carbocycles. The molecule has 0 bridgehead atoms. The minimum atomic E-state index is -1.10. The highest BCUT2D eigenvalue weighted by molar-refractivity contribution is 6.08. The number of carbonyl (C=O) groups is 3. The van der Waals surface area contributed by atoms with E-state index in [1.165, 1.54) is 18.4 Å². The zero-order valence-corrected chi connectivity index (χ0v) is 14.0. The summed E-state index contributed by atoms with van der Waals surface area (Å²) in [4.78, 5) is 36.0. The maximum absolute atomic E-state index is 12.5. The number of hydrogen-bond acceptors (Lipinski definition) is 4. The van der Waals surface area contributed by atoms with Gasteiger partial charge in [0.1, 0.15) is 6.04 Å². The summed E-state index contributed by atoms with van der Waals surface area (Å²) in [6.45, 7) is 3.61. The zero-order valence-electron chi connectivity index (χ0n) is 14.0. The second-order valence-electron chi connectivity index (χ2n) is 5.65. The molecule has 3 N–H and O–H groups in total. The predicted octanol–water partition coefficient (Wildman–Crippen LogP) is 2.76. The number of nitrogens with one attached hydrogen (secondary N) is 2. The van der Waals surface area contributed by atoms with Gasteiger partial charge in [0.05, 0.1) is 17.5 Å². The van der Waals surface area contributed by atoms with Gasteiger partial charge in [-0.3, -0.25) is 9.59 Å². The lowest BCUT2D eigenvalue weighted by atomic mass is 9.98. The van der Waals surface area contributed by atoms with Crippen molar-refractivity contribution in [3.63, 3.8) is 0 Å². The van der Waals surface area contributed by atoms with Crippen LogP contribution >= 0.6 is 0 Å². The van der Waals surface area contributed by atoms with Crippen LogP contribution in [0, 0.1) is 5.92 Å². The molecule has 0 spiro atoms. The molecule has 0 fully saturated rings. The molecule has 0 aliphatic rings. The number of anilines is 1. The van der Waals surface area contributed by atoms with E-state index in [0.29, 0.717) is 6.42 Å². The molecule has 7 nitrogen and oxygen atoms in total. The summed E-state index contributed by atoms with van der Waals surface area (Å²) in [5.74, 6) is -2.28. The predicted molar refractivity (Wildman–Crippen MR) is 91.4 cm³/mol. The minimum Gasteiger partial charge on any atom is -0.480 e. The van der Waals surface area contributed by atoms with E-state index in [1.807, 2.05) is 6.92 Å². The van der Waals surface area contributed by atoms with Crippen LogP contribution in [-0.2, 0) is 4.79 Å². The van der Waals surface area contributed by atoms with Crippen LogP contribution in [-0.4, -0.2) is 28.9 Å². The van der Waals surface area contributed by atoms with Crippen molar-refractivity contribution in [1.82, 2.24) is 5.32 Å². The normalized spacial score (nSPS) is 12.9. The molecule has 2 atom stereocenters. The van der Waals surface area contributed by atoms with Crippen LogP contribution in [0.4, 0.5) is 5.69 Å². The van der Waals surface area contributed by atoms with E-state index in [-0.39, 0.29) is 22.9 Å². The van der Waals surface area contributed by atoms with Crippen molar-refractivity contribution in [2.24, 2.45) is 5.92 Å². The molecule has 132 valence electrons. The summed E-state index contributed by atoms with van der Waals surface area (Å²) in [5.41, 5.74) is 0.451. The van der Waals surface area contributed by atoms with Crippen molar-refractivity contribution >= 4 is 23.5 Å². The van der Waals surface area contributed by atoms with Gasteiger partial charge in [-0.15, -0.1) is 0 Å². The van der Waals surface area contributed by atoms with Crippen molar-refractivity contribution in [2.45, 2.75) is 26.3 Å². The Morgan fingerprint density at radius 1 is 1.12 bits per heavy atom.